The van der Waals surface area contributed by atoms with E-state index in [1.165, 1.54) is 11.1 Å². The van der Waals surface area contributed by atoms with E-state index in [0.29, 0.717) is 6.54 Å². The second-order valence-electron chi connectivity index (χ2n) is 4.67. The summed E-state index contributed by atoms with van der Waals surface area (Å²) in [5, 5.41) is 0. The Labute approximate surface area is 103 Å². The fraction of sp³-hybridized carbons (Fsp3) is 0.267. The summed E-state index contributed by atoms with van der Waals surface area (Å²) in [5.41, 5.74) is 8.45. The average Bonchev–Trinajstić information content (AvgIpc) is 2.41. The van der Waals surface area contributed by atoms with Crippen molar-refractivity contribution in [3.8, 4) is 0 Å². The highest BCUT2D eigenvalue weighted by molar-refractivity contribution is 5.28. The molecule has 0 aliphatic rings. The Bertz CT molecular complexity index is 453. The van der Waals surface area contributed by atoms with E-state index in [0.717, 1.165) is 6.42 Å². The predicted octanol–water partition coefficient (Wildman–Crippen LogP) is 2.54. The van der Waals surface area contributed by atoms with E-state index in [1.54, 1.807) is 6.20 Å². The van der Waals surface area contributed by atoms with Gasteiger partial charge in [-0.1, -0.05) is 43.3 Å². The maximum absolute atomic E-state index is 5.97. The first-order chi connectivity index (χ1) is 8.24. The number of pyridine rings is 1. The number of benzene rings is 1. The lowest BCUT2D eigenvalue weighted by molar-refractivity contribution is 0.480. The van der Waals surface area contributed by atoms with Gasteiger partial charge in [-0.3, -0.25) is 4.98 Å². The van der Waals surface area contributed by atoms with Gasteiger partial charge in [0.2, 0.25) is 0 Å². The number of hydrogen-bond donors (Lipinski definition) is 1. The minimum atomic E-state index is -0.0235. The van der Waals surface area contributed by atoms with Gasteiger partial charge in [-0.05, 0) is 23.6 Å². The van der Waals surface area contributed by atoms with Crippen molar-refractivity contribution in [2.75, 3.05) is 6.54 Å². The average molecular weight is 226 g/mol. The molecule has 0 spiro atoms. The van der Waals surface area contributed by atoms with E-state index in [2.05, 4.69) is 42.2 Å². The molecule has 0 aliphatic carbocycles. The Hall–Kier alpha value is -1.67. The zero-order valence-electron chi connectivity index (χ0n) is 10.1. The summed E-state index contributed by atoms with van der Waals surface area (Å²) >= 11 is 0. The van der Waals surface area contributed by atoms with E-state index >= 15 is 0 Å². The highest BCUT2D eigenvalue weighted by Gasteiger charge is 2.25. The van der Waals surface area contributed by atoms with Gasteiger partial charge in [-0.15, -0.1) is 0 Å². The molecule has 0 aliphatic heterocycles. The summed E-state index contributed by atoms with van der Waals surface area (Å²) in [6.07, 6.45) is 4.63. The lowest BCUT2D eigenvalue weighted by Gasteiger charge is -2.28. The normalized spacial score (nSPS) is 14.2. The third kappa shape index (κ3) is 2.71. The van der Waals surface area contributed by atoms with Gasteiger partial charge in [0.15, 0.2) is 0 Å². The van der Waals surface area contributed by atoms with Crippen LogP contribution in [0.2, 0.25) is 0 Å². The first kappa shape index (κ1) is 11.8. The van der Waals surface area contributed by atoms with Crippen LogP contribution in [0.5, 0.6) is 0 Å². The standard InChI is InChI=1S/C15H18N2/c1-15(12-16,14-7-3-2-4-8-14)10-13-6-5-9-17-11-13/h2-9,11H,10,12,16H2,1H3. The molecule has 0 radical (unpaired) electrons. The largest absolute Gasteiger partial charge is 0.330 e. The second kappa shape index (κ2) is 5.11. The summed E-state index contributed by atoms with van der Waals surface area (Å²) in [4.78, 5) is 4.16. The molecule has 1 atom stereocenters. The second-order valence-corrected chi connectivity index (χ2v) is 4.67. The van der Waals surface area contributed by atoms with Crippen LogP contribution in [0.25, 0.3) is 0 Å². The Morgan fingerprint density at radius 2 is 1.88 bits per heavy atom. The van der Waals surface area contributed by atoms with Crippen LogP contribution in [0.1, 0.15) is 18.1 Å². The molecule has 0 saturated heterocycles. The molecule has 2 heteroatoms. The van der Waals surface area contributed by atoms with Crippen LogP contribution in [0.3, 0.4) is 0 Å². The molecule has 0 amide bonds. The van der Waals surface area contributed by atoms with Crippen LogP contribution >= 0.6 is 0 Å². The van der Waals surface area contributed by atoms with Crippen LogP contribution in [-0.2, 0) is 11.8 Å². The summed E-state index contributed by atoms with van der Waals surface area (Å²) in [7, 11) is 0. The minimum Gasteiger partial charge on any atom is -0.330 e. The number of nitrogens with two attached hydrogens (primary N) is 1. The molecule has 0 saturated carbocycles. The van der Waals surface area contributed by atoms with Crippen LogP contribution in [-0.4, -0.2) is 11.5 Å². The highest BCUT2D eigenvalue weighted by Crippen LogP contribution is 2.26. The van der Waals surface area contributed by atoms with Crippen molar-refractivity contribution in [3.63, 3.8) is 0 Å². The van der Waals surface area contributed by atoms with Crippen LogP contribution in [0.15, 0.2) is 54.9 Å². The van der Waals surface area contributed by atoms with Gasteiger partial charge in [0, 0.05) is 24.4 Å². The first-order valence-electron chi connectivity index (χ1n) is 5.89. The quantitative estimate of drug-likeness (QED) is 0.870. The lowest BCUT2D eigenvalue weighted by Crippen LogP contribution is -2.34. The van der Waals surface area contributed by atoms with Crippen LogP contribution in [0, 0.1) is 0 Å². The Balaban J connectivity index is 2.27. The molecule has 0 bridgehead atoms. The monoisotopic (exact) mass is 226 g/mol. The number of aromatic nitrogens is 1. The van der Waals surface area contributed by atoms with E-state index < -0.39 is 0 Å². The van der Waals surface area contributed by atoms with Gasteiger partial charge in [-0.25, -0.2) is 0 Å². The molecule has 88 valence electrons. The maximum atomic E-state index is 5.97. The summed E-state index contributed by atoms with van der Waals surface area (Å²) in [6.45, 7) is 2.83. The van der Waals surface area contributed by atoms with E-state index in [4.69, 9.17) is 5.73 Å². The molecule has 17 heavy (non-hydrogen) atoms. The van der Waals surface area contributed by atoms with Gasteiger partial charge in [0.1, 0.15) is 0 Å². The zero-order valence-corrected chi connectivity index (χ0v) is 10.1. The number of hydrogen-bond acceptors (Lipinski definition) is 2. The van der Waals surface area contributed by atoms with Gasteiger partial charge >= 0.3 is 0 Å². The minimum absolute atomic E-state index is 0.0235. The maximum Gasteiger partial charge on any atom is 0.0300 e. The number of rotatable bonds is 4. The Morgan fingerprint density at radius 3 is 2.47 bits per heavy atom. The van der Waals surface area contributed by atoms with Crippen molar-refractivity contribution in [2.24, 2.45) is 5.73 Å². The van der Waals surface area contributed by atoms with Gasteiger partial charge < -0.3 is 5.73 Å². The molecule has 1 heterocycles. The fourth-order valence-electron chi connectivity index (χ4n) is 2.09. The van der Waals surface area contributed by atoms with Crippen LogP contribution < -0.4 is 5.73 Å². The molecule has 1 aromatic heterocycles. The summed E-state index contributed by atoms with van der Waals surface area (Å²) < 4.78 is 0. The molecule has 1 unspecified atom stereocenters. The van der Waals surface area contributed by atoms with Gasteiger partial charge in [0.05, 0.1) is 0 Å². The molecule has 2 N–H and O–H groups in total. The third-order valence-corrected chi connectivity index (χ3v) is 3.24. The molecule has 2 rings (SSSR count). The Morgan fingerprint density at radius 1 is 1.12 bits per heavy atom. The fourth-order valence-corrected chi connectivity index (χ4v) is 2.09. The topological polar surface area (TPSA) is 38.9 Å². The molecule has 2 nitrogen and oxygen atoms in total. The molecular formula is C15H18N2. The smallest absolute Gasteiger partial charge is 0.0300 e. The number of nitrogens with zero attached hydrogens (tertiary/aromatic N) is 1. The third-order valence-electron chi connectivity index (χ3n) is 3.24. The van der Waals surface area contributed by atoms with Crippen molar-refractivity contribution >= 4 is 0 Å². The zero-order chi connectivity index (χ0) is 12.1. The molecular weight excluding hydrogens is 208 g/mol. The van der Waals surface area contributed by atoms with Crippen molar-refractivity contribution in [2.45, 2.75) is 18.8 Å². The van der Waals surface area contributed by atoms with E-state index in [-0.39, 0.29) is 5.41 Å². The van der Waals surface area contributed by atoms with Crippen molar-refractivity contribution < 1.29 is 0 Å². The SMILES string of the molecule is CC(CN)(Cc1cccnc1)c1ccccc1. The van der Waals surface area contributed by atoms with Crippen molar-refractivity contribution in [3.05, 3.63) is 66.0 Å². The summed E-state index contributed by atoms with van der Waals surface area (Å²) in [6, 6.07) is 14.5. The van der Waals surface area contributed by atoms with E-state index in [9.17, 15) is 0 Å². The van der Waals surface area contributed by atoms with Gasteiger partial charge in [-0.2, -0.15) is 0 Å². The van der Waals surface area contributed by atoms with Crippen molar-refractivity contribution in [1.82, 2.24) is 4.98 Å². The predicted molar refractivity (Wildman–Crippen MR) is 70.8 cm³/mol. The lowest BCUT2D eigenvalue weighted by atomic mass is 9.78. The van der Waals surface area contributed by atoms with Crippen LogP contribution in [0.4, 0.5) is 0 Å². The molecule has 2 aromatic rings. The Kier molecular flexibility index (Phi) is 3.55. The van der Waals surface area contributed by atoms with E-state index in [1.807, 2.05) is 18.3 Å². The first-order valence-corrected chi connectivity index (χ1v) is 5.89. The van der Waals surface area contributed by atoms with Gasteiger partial charge in [0.25, 0.3) is 0 Å². The van der Waals surface area contributed by atoms with Crippen molar-refractivity contribution in [1.29, 1.82) is 0 Å². The molecule has 0 fully saturated rings. The highest BCUT2D eigenvalue weighted by atomic mass is 14.6. The molecule has 1 aromatic carbocycles. The summed E-state index contributed by atoms with van der Waals surface area (Å²) in [5.74, 6) is 0.